The lowest BCUT2D eigenvalue weighted by Crippen LogP contribution is -1.74. The molecule has 0 N–H and O–H groups in total. The van der Waals surface area contributed by atoms with Crippen LogP contribution in [-0.2, 0) is 0 Å². The van der Waals surface area contributed by atoms with Crippen LogP contribution in [0, 0.1) is 0 Å². The number of hydrogen-bond donors (Lipinski definition) is 0. The summed E-state index contributed by atoms with van der Waals surface area (Å²) in [6, 6.07) is 0. The SMILES string of the molecule is CCCCCCl.CCSC(C)=S. The number of rotatable bonds is 4. The summed E-state index contributed by atoms with van der Waals surface area (Å²) in [5, 5.41) is 0. The van der Waals surface area contributed by atoms with E-state index in [1.807, 2.05) is 6.92 Å². The minimum atomic E-state index is 0.827. The topological polar surface area (TPSA) is 0 Å². The first kappa shape index (κ1) is 15.2. The molecule has 0 rings (SSSR count). The first-order valence-corrected chi connectivity index (χ1v) is 6.31. The second kappa shape index (κ2) is 14.3. The zero-order valence-electron chi connectivity index (χ0n) is 8.23. The average Bonchev–Trinajstić information content (AvgIpc) is 2.02. The van der Waals surface area contributed by atoms with E-state index in [1.165, 1.54) is 19.3 Å². The molecular weight excluding hydrogens is 208 g/mol. The predicted octanol–water partition coefficient (Wildman–Crippen LogP) is 4.50. The van der Waals surface area contributed by atoms with Gasteiger partial charge in [-0.3, -0.25) is 0 Å². The Morgan fingerprint density at radius 3 is 2.00 bits per heavy atom. The highest BCUT2D eigenvalue weighted by Crippen LogP contribution is 1.99. The van der Waals surface area contributed by atoms with Gasteiger partial charge in [0.15, 0.2) is 0 Å². The van der Waals surface area contributed by atoms with Gasteiger partial charge >= 0.3 is 0 Å². The van der Waals surface area contributed by atoms with Crippen LogP contribution in [0.25, 0.3) is 0 Å². The molecule has 0 heterocycles. The number of hydrogen-bond acceptors (Lipinski definition) is 2. The van der Waals surface area contributed by atoms with Crippen molar-refractivity contribution in [1.82, 2.24) is 0 Å². The van der Waals surface area contributed by atoms with Crippen LogP contribution in [0.3, 0.4) is 0 Å². The fourth-order valence-corrected chi connectivity index (χ4v) is 1.50. The number of thioether (sulfide) groups is 1. The number of halogens is 1. The molecule has 12 heavy (non-hydrogen) atoms. The molecule has 0 aliphatic heterocycles. The monoisotopic (exact) mass is 226 g/mol. The second-order valence-corrected chi connectivity index (χ2v) is 5.05. The summed E-state index contributed by atoms with van der Waals surface area (Å²) in [5.74, 6) is 1.93. The van der Waals surface area contributed by atoms with Gasteiger partial charge in [-0.1, -0.05) is 38.9 Å². The lowest BCUT2D eigenvalue weighted by molar-refractivity contribution is 0.776. The van der Waals surface area contributed by atoms with E-state index >= 15 is 0 Å². The van der Waals surface area contributed by atoms with Crippen LogP contribution in [0.5, 0.6) is 0 Å². The van der Waals surface area contributed by atoms with Gasteiger partial charge in [-0.2, -0.15) is 0 Å². The Kier molecular flexibility index (Phi) is 18.1. The smallest absolute Gasteiger partial charge is 0.0447 e. The summed E-state index contributed by atoms with van der Waals surface area (Å²) >= 11 is 11.9. The Morgan fingerprint density at radius 2 is 1.92 bits per heavy atom. The van der Waals surface area contributed by atoms with Crippen molar-refractivity contribution in [2.24, 2.45) is 0 Å². The third kappa shape index (κ3) is 22.4. The molecule has 0 aromatic rings. The summed E-state index contributed by atoms with van der Waals surface area (Å²) in [5.41, 5.74) is 0. The fourth-order valence-electron chi connectivity index (χ4n) is 0.548. The van der Waals surface area contributed by atoms with Crippen molar-refractivity contribution < 1.29 is 0 Å². The van der Waals surface area contributed by atoms with Gasteiger partial charge in [0.2, 0.25) is 0 Å². The molecule has 0 unspecified atom stereocenters. The van der Waals surface area contributed by atoms with E-state index in [0.717, 1.165) is 15.8 Å². The number of unbranched alkanes of at least 4 members (excludes halogenated alkanes) is 2. The molecule has 0 fully saturated rings. The zero-order chi connectivity index (χ0) is 9.82. The average molecular weight is 227 g/mol. The van der Waals surface area contributed by atoms with Crippen LogP contribution in [0.2, 0.25) is 0 Å². The van der Waals surface area contributed by atoms with Gasteiger partial charge in [0.25, 0.3) is 0 Å². The first-order chi connectivity index (χ1) is 5.68. The number of alkyl halides is 1. The molecule has 0 saturated heterocycles. The van der Waals surface area contributed by atoms with Crippen molar-refractivity contribution in [1.29, 1.82) is 0 Å². The third-order valence-corrected chi connectivity index (χ3v) is 2.40. The van der Waals surface area contributed by atoms with E-state index in [1.54, 1.807) is 11.8 Å². The van der Waals surface area contributed by atoms with E-state index < -0.39 is 0 Å². The molecule has 0 aromatic heterocycles. The molecule has 0 radical (unpaired) electrons. The molecule has 0 spiro atoms. The Bertz CT molecular complexity index is 90.5. The van der Waals surface area contributed by atoms with E-state index in [0.29, 0.717) is 0 Å². The van der Waals surface area contributed by atoms with Crippen molar-refractivity contribution in [3.63, 3.8) is 0 Å². The van der Waals surface area contributed by atoms with Crippen molar-refractivity contribution in [2.45, 2.75) is 40.0 Å². The van der Waals surface area contributed by atoms with Gasteiger partial charge < -0.3 is 0 Å². The summed E-state index contributed by atoms with van der Waals surface area (Å²) in [7, 11) is 0. The lowest BCUT2D eigenvalue weighted by Gasteiger charge is -1.84. The predicted molar refractivity (Wildman–Crippen MR) is 66.6 cm³/mol. The normalized spacial score (nSPS) is 8.67. The highest BCUT2D eigenvalue weighted by molar-refractivity contribution is 8.23. The van der Waals surface area contributed by atoms with E-state index in [-0.39, 0.29) is 0 Å². The molecule has 0 bridgehead atoms. The molecule has 0 nitrogen and oxygen atoms in total. The standard InChI is InChI=1S/C5H11Cl.C4H8S2/c1-2-3-4-5-6;1-3-6-4(2)5/h2-5H2,1H3;3H2,1-2H3. The van der Waals surface area contributed by atoms with Crippen LogP contribution in [0.1, 0.15) is 40.0 Å². The second-order valence-electron chi connectivity index (χ2n) is 2.32. The largest absolute Gasteiger partial charge is 0.127 e. The molecule has 3 heteroatoms. The maximum absolute atomic E-state index is 5.38. The van der Waals surface area contributed by atoms with Crippen LogP contribution in [0.4, 0.5) is 0 Å². The third-order valence-electron chi connectivity index (χ3n) is 1.08. The molecule has 0 saturated carbocycles. The Balaban J connectivity index is 0. The molecule has 74 valence electrons. The zero-order valence-corrected chi connectivity index (χ0v) is 10.6. The van der Waals surface area contributed by atoms with Crippen LogP contribution >= 0.6 is 35.6 Å². The molecule has 0 aliphatic rings. The summed E-state index contributed by atoms with van der Waals surface area (Å²) in [6.07, 6.45) is 3.73. The summed E-state index contributed by atoms with van der Waals surface area (Å²) < 4.78 is 1.04. The summed E-state index contributed by atoms with van der Waals surface area (Å²) in [6.45, 7) is 6.22. The Hall–Kier alpha value is 0.730. The molecule has 0 atom stereocenters. The number of thiocarbonyl (C=S) groups is 1. The highest BCUT2D eigenvalue weighted by Gasteiger charge is 1.78. The van der Waals surface area contributed by atoms with Crippen molar-refractivity contribution >= 4 is 39.8 Å². The van der Waals surface area contributed by atoms with E-state index in [4.69, 9.17) is 23.8 Å². The minimum absolute atomic E-state index is 0.827. The van der Waals surface area contributed by atoms with Crippen LogP contribution < -0.4 is 0 Å². The van der Waals surface area contributed by atoms with E-state index in [2.05, 4.69) is 13.8 Å². The molecule has 0 aliphatic carbocycles. The van der Waals surface area contributed by atoms with Crippen molar-refractivity contribution in [3.05, 3.63) is 0 Å². The van der Waals surface area contributed by atoms with Gasteiger partial charge in [-0.15, -0.1) is 23.4 Å². The summed E-state index contributed by atoms with van der Waals surface area (Å²) in [4.78, 5) is 0. The molecule has 0 aromatic carbocycles. The fraction of sp³-hybridized carbons (Fsp3) is 0.889. The highest BCUT2D eigenvalue weighted by atomic mass is 35.5. The maximum Gasteiger partial charge on any atom is 0.0447 e. The Labute approximate surface area is 91.4 Å². The van der Waals surface area contributed by atoms with Crippen LogP contribution in [0.15, 0.2) is 0 Å². The Morgan fingerprint density at radius 1 is 1.33 bits per heavy atom. The minimum Gasteiger partial charge on any atom is -0.127 e. The van der Waals surface area contributed by atoms with Gasteiger partial charge in [0, 0.05) is 10.1 Å². The molecule has 0 amide bonds. The van der Waals surface area contributed by atoms with E-state index in [9.17, 15) is 0 Å². The van der Waals surface area contributed by atoms with Gasteiger partial charge in [0.1, 0.15) is 0 Å². The van der Waals surface area contributed by atoms with Crippen molar-refractivity contribution in [2.75, 3.05) is 11.6 Å². The van der Waals surface area contributed by atoms with Gasteiger partial charge in [-0.05, 0) is 19.1 Å². The molecular formula is C9H19ClS2. The lowest BCUT2D eigenvalue weighted by atomic mass is 10.3. The van der Waals surface area contributed by atoms with Crippen LogP contribution in [-0.4, -0.2) is 15.8 Å². The van der Waals surface area contributed by atoms with Gasteiger partial charge in [-0.25, -0.2) is 0 Å². The first-order valence-electron chi connectivity index (χ1n) is 4.38. The maximum atomic E-state index is 5.38. The quantitative estimate of drug-likeness (QED) is 0.393. The van der Waals surface area contributed by atoms with Gasteiger partial charge in [0.05, 0.1) is 0 Å². The van der Waals surface area contributed by atoms with Crippen molar-refractivity contribution in [3.8, 4) is 0 Å².